The molecular weight excluding hydrogens is 240 g/mol. The fourth-order valence-electron chi connectivity index (χ4n) is 1.44. The zero-order valence-corrected chi connectivity index (χ0v) is 10.0. The molecule has 0 fully saturated rings. The third-order valence-electron chi connectivity index (χ3n) is 2.49. The molecule has 0 spiro atoms. The summed E-state index contributed by atoms with van der Waals surface area (Å²) in [5.74, 6) is 4.58. The Morgan fingerprint density at radius 3 is 2.67 bits per heavy atom. The van der Waals surface area contributed by atoms with Crippen LogP contribution in [-0.4, -0.2) is 15.4 Å². The van der Waals surface area contributed by atoms with Crippen molar-refractivity contribution in [3.8, 4) is 0 Å². The second-order valence-electron chi connectivity index (χ2n) is 4.47. The standard InChI is InChI=1S/C10H14N4O4/c1-10(2,9(16)12-11)6-13-5-7(14(17)18)3-4-8(13)15/h3-5H,6,11H2,1-2H3,(H,12,16). The Morgan fingerprint density at radius 2 is 2.17 bits per heavy atom. The van der Waals surface area contributed by atoms with Gasteiger partial charge in [-0.1, -0.05) is 0 Å². The molecule has 1 heterocycles. The van der Waals surface area contributed by atoms with E-state index >= 15 is 0 Å². The molecule has 0 aliphatic heterocycles. The summed E-state index contributed by atoms with van der Waals surface area (Å²) in [6.07, 6.45) is 1.11. The SMILES string of the molecule is CC(C)(Cn1cc([N+](=O)[O-])ccc1=O)C(=O)NN. The third-order valence-corrected chi connectivity index (χ3v) is 2.49. The van der Waals surface area contributed by atoms with Crippen LogP contribution in [-0.2, 0) is 11.3 Å². The van der Waals surface area contributed by atoms with E-state index in [1.807, 2.05) is 5.43 Å². The number of rotatable bonds is 4. The molecule has 98 valence electrons. The molecule has 1 aromatic heterocycles. The van der Waals surface area contributed by atoms with Crippen LogP contribution < -0.4 is 16.8 Å². The molecule has 0 unspecified atom stereocenters. The van der Waals surface area contributed by atoms with Gasteiger partial charge in [-0.2, -0.15) is 0 Å². The second-order valence-corrected chi connectivity index (χ2v) is 4.47. The lowest BCUT2D eigenvalue weighted by atomic mass is 9.92. The zero-order valence-electron chi connectivity index (χ0n) is 10.0. The molecule has 0 radical (unpaired) electrons. The van der Waals surface area contributed by atoms with Gasteiger partial charge in [0.25, 0.3) is 11.2 Å². The Balaban J connectivity index is 3.11. The van der Waals surface area contributed by atoms with E-state index in [9.17, 15) is 19.7 Å². The van der Waals surface area contributed by atoms with Crippen molar-refractivity contribution in [3.63, 3.8) is 0 Å². The van der Waals surface area contributed by atoms with Crippen molar-refractivity contribution >= 4 is 11.6 Å². The number of carbonyl (C=O) groups is 1. The highest BCUT2D eigenvalue weighted by Gasteiger charge is 2.28. The van der Waals surface area contributed by atoms with E-state index in [0.717, 1.165) is 22.9 Å². The Bertz CT molecular complexity index is 535. The monoisotopic (exact) mass is 254 g/mol. The van der Waals surface area contributed by atoms with Gasteiger partial charge in [-0.3, -0.25) is 25.1 Å². The minimum Gasteiger partial charge on any atom is -0.308 e. The molecule has 0 saturated carbocycles. The van der Waals surface area contributed by atoms with Gasteiger partial charge in [0.1, 0.15) is 0 Å². The van der Waals surface area contributed by atoms with E-state index in [0.29, 0.717) is 0 Å². The average molecular weight is 254 g/mol. The lowest BCUT2D eigenvalue weighted by Gasteiger charge is -2.22. The average Bonchev–Trinajstić information content (AvgIpc) is 2.30. The van der Waals surface area contributed by atoms with Gasteiger partial charge in [0.2, 0.25) is 5.91 Å². The maximum absolute atomic E-state index is 11.6. The van der Waals surface area contributed by atoms with Crippen LogP contribution in [0.25, 0.3) is 0 Å². The Morgan fingerprint density at radius 1 is 1.56 bits per heavy atom. The number of aromatic nitrogens is 1. The number of hydrazine groups is 1. The molecule has 0 saturated heterocycles. The highest BCUT2D eigenvalue weighted by Crippen LogP contribution is 2.18. The van der Waals surface area contributed by atoms with E-state index in [4.69, 9.17) is 5.84 Å². The zero-order chi connectivity index (χ0) is 13.9. The number of nitrogens with zero attached hydrogens (tertiary/aromatic N) is 2. The van der Waals surface area contributed by atoms with Gasteiger partial charge in [0.05, 0.1) is 16.5 Å². The second kappa shape index (κ2) is 4.96. The number of amides is 1. The summed E-state index contributed by atoms with van der Waals surface area (Å²) in [4.78, 5) is 33.0. The molecule has 1 aromatic rings. The first kappa shape index (κ1) is 13.8. The largest absolute Gasteiger partial charge is 0.308 e. The summed E-state index contributed by atoms with van der Waals surface area (Å²) < 4.78 is 1.12. The summed E-state index contributed by atoms with van der Waals surface area (Å²) in [5.41, 5.74) is 0.416. The summed E-state index contributed by atoms with van der Waals surface area (Å²) in [6.45, 7) is 3.16. The van der Waals surface area contributed by atoms with E-state index < -0.39 is 21.8 Å². The van der Waals surface area contributed by atoms with Gasteiger partial charge in [-0.15, -0.1) is 0 Å². The maximum atomic E-state index is 11.6. The predicted molar refractivity (Wildman–Crippen MR) is 63.5 cm³/mol. The maximum Gasteiger partial charge on any atom is 0.285 e. The quantitative estimate of drug-likeness (QED) is 0.333. The fraction of sp³-hybridized carbons (Fsp3) is 0.400. The van der Waals surface area contributed by atoms with E-state index in [-0.39, 0.29) is 12.2 Å². The molecule has 1 amide bonds. The third kappa shape index (κ3) is 2.92. The number of carbonyl (C=O) groups excluding carboxylic acids is 1. The lowest BCUT2D eigenvalue weighted by Crippen LogP contribution is -2.44. The molecular formula is C10H14N4O4. The molecule has 1 rings (SSSR count). The van der Waals surface area contributed by atoms with Gasteiger partial charge < -0.3 is 4.57 Å². The van der Waals surface area contributed by atoms with E-state index in [2.05, 4.69) is 0 Å². The molecule has 8 nitrogen and oxygen atoms in total. The first-order valence-corrected chi connectivity index (χ1v) is 5.14. The van der Waals surface area contributed by atoms with Crippen molar-refractivity contribution in [2.24, 2.45) is 11.3 Å². The minimum absolute atomic E-state index is 0.00343. The number of nitrogens with two attached hydrogens (primary N) is 1. The summed E-state index contributed by atoms with van der Waals surface area (Å²) >= 11 is 0. The number of pyridine rings is 1. The number of hydrogen-bond acceptors (Lipinski definition) is 5. The number of nitrogens with one attached hydrogen (secondary N) is 1. The number of nitro groups is 1. The van der Waals surface area contributed by atoms with Crippen LogP contribution in [0.3, 0.4) is 0 Å². The minimum atomic E-state index is -0.951. The van der Waals surface area contributed by atoms with E-state index in [1.54, 1.807) is 13.8 Å². The molecule has 0 aromatic carbocycles. The first-order chi connectivity index (χ1) is 8.27. The lowest BCUT2D eigenvalue weighted by molar-refractivity contribution is -0.385. The molecule has 0 bridgehead atoms. The van der Waals surface area contributed by atoms with Crippen LogP contribution in [0.1, 0.15) is 13.8 Å². The van der Waals surface area contributed by atoms with Crippen LogP contribution in [0.4, 0.5) is 5.69 Å². The Kier molecular flexibility index (Phi) is 3.82. The molecule has 8 heteroatoms. The number of hydrogen-bond donors (Lipinski definition) is 2. The summed E-state index contributed by atoms with van der Waals surface area (Å²) in [5, 5.41) is 10.6. The summed E-state index contributed by atoms with van der Waals surface area (Å²) in [7, 11) is 0. The van der Waals surface area contributed by atoms with Crippen LogP contribution >= 0.6 is 0 Å². The molecule has 18 heavy (non-hydrogen) atoms. The van der Waals surface area contributed by atoms with Crippen LogP contribution in [0.15, 0.2) is 23.1 Å². The molecule has 0 atom stereocenters. The fourth-order valence-corrected chi connectivity index (χ4v) is 1.44. The molecule has 0 aliphatic rings. The molecule has 0 aliphatic carbocycles. The van der Waals surface area contributed by atoms with Gasteiger partial charge in [-0.25, -0.2) is 5.84 Å². The Labute approximate surface area is 103 Å². The molecule has 3 N–H and O–H groups in total. The Hall–Kier alpha value is -2.22. The highest BCUT2D eigenvalue weighted by atomic mass is 16.6. The summed E-state index contributed by atoms with van der Waals surface area (Å²) in [6, 6.07) is 2.21. The topological polar surface area (TPSA) is 120 Å². The van der Waals surface area contributed by atoms with Crippen LogP contribution in [0.5, 0.6) is 0 Å². The van der Waals surface area contributed by atoms with Crippen LogP contribution in [0.2, 0.25) is 0 Å². The van der Waals surface area contributed by atoms with E-state index in [1.165, 1.54) is 0 Å². The smallest absolute Gasteiger partial charge is 0.285 e. The first-order valence-electron chi connectivity index (χ1n) is 5.14. The van der Waals surface area contributed by atoms with Crippen molar-refractivity contribution in [2.45, 2.75) is 20.4 Å². The van der Waals surface area contributed by atoms with Gasteiger partial charge in [0, 0.05) is 18.7 Å². The van der Waals surface area contributed by atoms with Crippen molar-refractivity contribution in [3.05, 3.63) is 38.8 Å². The van der Waals surface area contributed by atoms with Crippen LogP contribution in [0, 0.1) is 15.5 Å². The van der Waals surface area contributed by atoms with Crippen molar-refractivity contribution in [1.29, 1.82) is 0 Å². The predicted octanol–water partition coefficient (Wildman–Crippen LogP) is -0.227. The van der Waals surface area contributed by atoms with Crippen molar-refractivity contribution in [2.75, 3.05) is 0 Å². The van der Waals surface area contributed by atoms with Gasteiger partial charge in [0.15, 0.2) is 0 Å². The normalized spacial score (nSPS) is 11.1. The van der Waals surface area contributed by atoms with Gasteiger partial charge in [-0.05, 0) is 13.8 Å². The van der Waals surface area contributed by atoms with Crippen molar-refractivity contribution in [1.82, 2.24) is 9.99 Å². The van der Waals surface area contributed by atoms with Crippen molar-refractivity contribution < 1.29 is 9.72 Å². The highest BCUT2D eigenvalue weighted by molar-refractivity contribution is 5.81. The van der Waals surface area contributed by atoms with Gasteiger partial charge >= 0.3 is 0 Å².